The molecule has 1 aliphatic carbocycles. The van der Waals surface area contributed by atoms with Crippen molar-refractivity contribution in [3.8, 4) is 11.5 Å². The van der Waals surface area contributed by atoms with Crippen molar-refractivity contribution in [1.29, 1.82) is 0 Å². The molecule has 13 heteroatoms. The van der Waals surface area contributed by atoms with E-state index in [1.807, 2.05) is 45.0 Å². The number of ether oxygens (including phenoxy) is 3. The molecular formula is C34H42N6O7. The maximum Gasteiger partial charge on any atom is 0.407 e. The first kappa shape index (κ1) is 34.4. The first-order valence-electron chi connectivity index (χ1n) is 15.3. The van der Waals surface area contributed by atoms with E-state index >= 15 is 0 Å². The van der Waals surface area contributed by atoms with Crippen molar-refractivity contribution >= 4 is 29.4 Å². The predicted molar refractivity (Wildman–Crippen MR) is 177 cm³/mol. The average Bonchev–Trinajstić information content (AvgIpc) is 3.05. The van der Waals surface area contributed by atoms with E-state index in [-0.39, 0.29) is 42.8 Å². The number of nitrogens with zero attached hydrogens (tertiary/aromatic N) is 2. The van der Waals surface area contributed by atoms with Crippen molar-refractivity contribution < 1.29 is 34.2 Å². The average molecular weight is 647 g/mol. The van der Waals surface area contributed by atoms with Gasteiger partial charge in [-0.15, -0.1) is 0 Å². The molecule has 1 saturated carbocycles. The first-order chi connectivity index (χ1) is 22.4. The van der Waals surface area contributed by atoms with Crippen LogP contribution in [0.3, 0.4) is 0 Å². The molecule has 3 aromatic rings. The molecule has 0 heterocycles. The fraction of sp³-hybridized carbons (Fsp3) is 0.353. The molecule has 0 bridgehead atoms. The van der Waals surface area contributed by atoms with Gasteiger partial charge in [-0.3, -0.25) is 4.79 Å². The van der Waals surface area contributed by atoms with E-state index in [1.54, 1.807) is 42.5 Å². The summed E-state index contributed by atoms with van der Waals surface area (Å²) in [4.78, 5) is 25.5. The second-order valence-corrected chi connectivity index (χ2v) is 12.3. The molecule has 4 rings (SSSR count). The van der Waals surface area contributed by atoms with Crippen LogP contribution < -0.4 is 31.6 Å². The Morgan fingerprint density at radius 3 is 1.68 bits per heavy atom. The van der Waals surface area contributed by atoms with Crippen LogP contribution in [0, 0.1) is 5.92 Å². The summed E-state index contributed by atoms with van der Waals surface area (Å²) in [6.45, 7) is 5.89. The summed E-state index contributed by atoms with van der Waals surface area (Å²) >= 11 is 0. The van der Waals surface area contributed by atoms with Crippen LogP contribution in [0.15, 0.2) is 77.0 Å². The normalized spacial score (nSPS) is 17.0. The summed E-state index contributed by atoms with van der Waals surface area (Å²) < 4.78 is 17.5. The minimum Gasteiger partial charge on any atom is -0.489 e. The van der Waals surface area contributed by atoms with Gasteiger partial charge in [-0.1, -0.05) is 58.8 Å². The minimum atomic E-state index is -0.578. The lowest BCUT2D eigenvalue weighted by Gasteiger charge is -2.29. The Hall–Kier alpha value is -5.46. The van der Waals surface area contributed by atoms with Crippen LogP contribution >= 0.6 is 0 Å². The van der Waals surface area contributed by atoms with Crippen molar-refractivity contribution in [1.82, 2.24) is 5.32 Å². The molecule has 0 radical (unpaired) electrons. The Morgan fingerprint density at radius 1 is 0.787 bits per heavy atom. The molecule has 0 spiro atoms. The van der Waals surface area contributed by atoms with Crippen molar-refractivity contribution in [2.45, 2.75) is 71.3 Å². The SMILES string of the molecule is CC(C)(C)OC(=O)NC1CCC(C(=O)Nc2cc(OCc3ccc(/C(N)=N/O)cc3)cc(OCc3ccc(/C(N)=N/O)cc3)c2)CC1. The molecule has 1 aliphatic rings. The highest BCUT2D eigenvalue weighted by molar-refractivity contribution is 5.97. The number of rotatable bonds is 11. The van der Waals surface area contributed by atoms with E-state index in [4.69, 9.17) is 36.1 Å². The van der Waals surface area contributed by atoms with Gasteiger partial charge < -0.3 is 46.7 Å². The highest BCUT2D eigenvalue weighted by atomic mass is 16.6. The minimum absolute atomic E-state index is 0.00938. The Balaban J connectivity index is 1.42. The third-order valence-electron chi connectivity index (χ3n) is 7.49. The molecule has 3 aromatic carbocycles. The van der Waals surface area contributed by atoms with Crippen LogP contribution in [-0.4, -0.2) is 45.7 Å². The number of alkyl carbamates (subject to hydrolysis) is 1. The molecule has 13 nitrogen and oxygen atoms in total. The smallest absolute Gasteiger partial charge is 0.407 e. The highest BCUT2D eigenvalue weighted by Crippen LogP contribution is 2.30. The van der Waals surface area contributed by atoms with Gasteiger partial charge in [-0.2, -0.15) is 0 Å². The lowest BCUT2D eigenvalue weighted by atomic mass is 9.85. The lowest BCUT2D eigenvalue weighted by Crippen LogP contribution is -2.42. The van der Waals surface area contributed by atoms with Crippen molar-refractivity contribution in [2.75, 3.05) is 5.32 Å². The van der Waals surface area contributed by atoms with Crippen LogP contribution in [0.5, 0.6) is 11.5 Å². The van der Waals surface area contributed by atoms with E-state index in [0.29, 0.717) is 54.0 Å². The number of nitrogens with one attached hydrogen (secondary N) is 2. The van der Waals surface area contributed by atoms with Gasteiger partial charge in [0.05, 0.1) is 0 Å². The summed E-state index contributed by atoms with van der Waals surface area (Å²) in [5, 5.41) is 29.8. The fourth-order valence-electron chi connectivity index (χ4n) is 5.02. The van der Waals surface area contributed by atoms with Gasteiger partial charge in [-0.05, 0) is 57.6 Å². The van der Waals surface area contributed by atoms with Crippen molar-refractivity contribution in [3.05, 3.63) is 89.0 Å². The van der Waals surface area contributed by atoms with Gasteiger partial charge in [0.1, 0.15) is 30.3 Å². The molecule has 8 N–H and O–H groups in total. The van der Waals surface area contributed by atoms with E-state index in [1.165, 1.54) is 0 Å². The second-order valence-electron chi connectivity index (χ2n) is 12.3. The largest absolute Gasteiger partial charge is 0.489 e. The number of amidine groups is 2. The molecule has 0 aliphatic heterocycles. The maximum atomic E-state index is 13.3. The summed E-state index contributed by atoms with van der Waals surface area (Å²) in [6.07, 6.45) is 2.12. The van der Waals surface area contributed by atoms with Gasteiger partial charge in [0.15, 0.2) is 11.7 Å². The molecule has 250 valence electrons. The van der Waals surface area contributed by atoms with Gasteiger partial charge >= 0.3 is 6.09 Å². The number of hydrogen-bond acceptors (Lipinski definition) is 9. The zero-order valence-electron chi connectivity index (χ0n) is 26.7. The summed E-state index contributed by atoms with van der Waals surface area (Å²) in [5.41, 5.74) is 14.1. The highest BCUT2D eigenvalue weighted by Gasteiger charge is 2.28. The molecule has 0 aromatic heterocycles. The molecule has 1 fully saturated rings. The monoisotopic (exact) mass is 646 g/mol. The number of hydrogen-bond donors (Lipinski definition) is 6. The lowest BCUT2D eigenvalue weighted by molar-refractivity contribution is -0.120. The van der Waals surface area contributed by atoms with E-state index in [9.17, 15) is 9.59 Å². The standard InChI is InChI=1S/C34H42N6O7/c1-34(2,3)47-33(42)38-26-14-12-25(13-15-26)32(41)37-27-16-28(45-19-21-4-8-23(9-5-21)30(35)39-43)18-29(17-27)46-20-22-6-10-24(11-7-22)31(36)40-44/h4-11,16-18,25-26,43-44H,12-15,19-20H2,1-3H3,(H2,35,39)(H2,36,40)(H,37,41)(H,38,42). The number of carbonyl (C=O) groups is 2. The summed E-state index contributed by atoms with van der Waals surface area (Å²) in [5.74, 6) is 0.630. The number of carbonyl (C=O) groups excluding carboxylic acids is 2. The predicted octanol–water partition coefficient (Wildman–Crippen LogP) is 5.06. The number of oxime groups is 2. The Morgan fingerprint density at radius 2 is 1.26 bits per heavy atom. The third-order valence-corrected chi connectivity index (χ3v) is 7.49. The van der Waals surface area contributed by atoms with Gasteiger partial charge in [0, 0.05) is 47.0 Å². The first-order valence-corrected chi connectivity index (χ1v) is 15.3. The molecule has 0 unspecified atom stereocenters. The van der Waals surface area contributed by atoms with Crippen LogP contribution in [0.1, 0.15) is 68.7 Å². The van der Waals surface area contributed by atoms with E-state index < -0.39 is 11.7 Å². The maximum absolute atomic E-state index is 13.3. The fourth-order valence-corrected chi connectivity index (χ4v) is 5.02. The Kier molecular flexibility index (Phi) is 11.5. The third kappa shape index (κ3) is 10.6. The Bertz CT molecular complexity index is 1490. The zero-order valence-corrected chi connectivity index (χ0v) is 26.7. The van der Waals surface area contributed by atoms with Gasteiger partial charge in [0.25, 0.3) is 0 Å². The number of nitrogens with two attached hydrogens (primary N) is 2. The van der Waals surface area contributed by atoms with Crippen molar-refractivity contribution in [3.63, 3.8) is 0 Å². The second kappa shape index (κ2) is 15.7. The van der Waals surface area contributed by atoms with Crippen LogP contribution in [0.2, 0.25) is 0 Å². The number of amides is 2. The quantitative estimate of drug-likeness (QED) is 0.0712. The van der Waals surface area contributed by atoms with Crippen molar-refractivity contribution in [2.24, 2.45) is 27.7 Å². The Labute approximate surface area is 273 Å². The molecule has 2 amide bonds. The summed E-state index contributed by atoms with van der Waals surface area (Å²) in [7, 11) is 0. The van der Waals surface area contributed by atoms with E-state index in [0.717, 1.165) is 11.1 Å². The number of anilines is 1. The van der Waals surface area contributed by atoms with Crippen LogP contribution in [-0.2, 0) is 22.7 Å². The topological polar surface area (TPSA) is 203 Å². The molecule has 0 saturated heterocycles. The molecule has 0 atom stereocenters. The van der Waals surface area contributed by atoms with Gasteiger partial charge in [-0.25, -0.2) is 4.79 Å². The van der Waals surface area contributed by atoms with Crippen LogP contribution in [0.4, 0.5) is 10.5 Å². The number of benzene rings is 3. The molecular weight excluding hydrogens is 604 g/mol. The van der Waals surface area contributed by atoms with Crippen LogP contribution in [0.25, 0.3) is 0 Å². The van der Waals surface area contributed by atoms with Gasteiger partial charge in [0.2, 0.25) is 5.91 Å². The molecule has 47 heavy (non-hydrogen) atoms. The van der Waals surface area contributed by atoms with E-state index in [2.05, 4.69) is 20.9 Å². The summed E-state index contributed by atoms with van der Waals surface area (Å²) in [6, 6.07) is 19.3. The zero-order chi connectivity index (χ0) is 34.0.